The second-order valence-electron chi connectivity index (χ2n) is 7.72. The number of nitrogens with one attached hydrogen (secondary N) is 3. The number of carbonyl (C=O) groups excluding carboxylic acids is 1. The van der Waals surface area contributed by atoms with Gasteiger partial charge in [-0.05, 0) is 23.6 Å². The fraction of sp³-hybridized carbons (Fsp3) is 0.115. The number of para-hydroxylation sites is 1. The lowest BCUT2D eigenvalue weighted by Crippen LogP contribution is -2.30. The first kappa shape index (κ1) is 19.9. The predicted molar refractivity (Wildman–Crippen MR) is 125 cm³/mol. The first-order valence-electron chi connectivity index (χ1n) is 10.6. The lowest BCUT2D eigenvalue weighted by molar-refractivity contribution is 0.0945. The summed E-state index contributed by atoms with van der Waals surface area (Å²) in [6.07, 6.45) is 4.40. The van der Waals surface area contributed by atoms with Gasteiger partial charge in [-0.2, -0.15) is 0 Å². The number of carbonyl (C=O) groups is 1. The maximum absolute atomic E-state index is 13.5. The lowest BCUT2D eigenvalue weighted by Gasteiger charge is -2.18. The molecule has 0 spiro atoms. The number of fused-ring (bicyclic) bond motifs is 1. The SMILES string of the molecule is O=C(c1c[nH]c2ccccc12)[C@@H](NCCc1ccc(-c2c[nH]nn2)cc1)c1ccccc1. The van der Waals surface area contributed by atoms with Gasteiger partial charge in [0.25, 0.3) is 0 Å². The number of rotatable bonds is 8. The molecule has 5 rings (SSSR count). The van der Waals surface area contributed by atoms with Gasteiger partial charge in [0.1, 0.15) is 5.69 Å². The highest BCUT2D eigenvalue weighted by molar-refractivity contribution is 6.10. The largest absolute Gasteiger partial charge is 0.360 e. The molecule has 0 bridgehead atoms. The van der Waals surface area contributed by atoms with Crippen molar-refractivity contribution in [2.75, 3.05) is 6.54 Å². The molecule has 6 heteroatoms. The van der Waals surface area contributed by atoms with E-state index in [2.05, 4.69) is 37.8 Å². The average molecular weight is 422 g/mol. The fourth-order valence-electron chi connectivity index (χ4n) is 3.98. The van der Waals surface area contributed by atoms with Gasteiger partial charge in [-0.3, -0.25) is 9.89 Å². The molecule has 158 valence electrons. The van der Waals surface area contributed by atoms with Crippen molar-refractivity contribution in [1.29, 1.82) is 0 Å². The van der Waals surface area contributed by atoms with Crippen molar-refractivity contribution in [3.05, 3.63) is 108 Å². The van der Waals surface area contributed by atoms with Crippen molar-refractivity contribution in [3.8, 4) is 11.3 Å². The van der Waals surface area contributed by atoms with E-state index in [0.29, 0.717) is 12.1 Å². The molecular weight excluding hydrogens is 398 g/mol. The molecule has 6 nitrogen and oxygen atoms in total. The third-order valence-corrected chi connectivity index (χ3v) is 5.68. The summed E-state index contributed by atoms with van der Waals surface area (Å²) in [4.78, 5) is 16.8. The number of Topliss-reactive ketones (excluding diaryl/α,β-unsaturated/α-hetero) is 1. The van der Waals surface area contributed by atoms with Gasteiger partial charge < -0.3 is 10.3 Å². The molecule has 3 N–H and O–H groups in total. The van der Waals surface area contributed by atoms with E-state index >= 15 is 0 Å². The predicted octanol–water partition coefficient (Wildman–Crippen LogP) is 4.71. The molecule has 0 amide bonds. The molecule has 3 aromatic carbocycles. The number of benzene rings is 3. The van der Waals surface area contributed by atoms with Gasteiger partial charge in [0.15, 0.2) is 5.78 Å². The summed E-state index contributed by atoms with van der Waals surface area (Å²) in [6, 6.07) is 25.6. The quantitative estimate of drug-likeness (QED) is 0.317. The van der Waals surface area contributed by atoms with Crippen LogP contribution < -0.4 is 5.32 Å². The molecule has 0 aliphatic rings. The van der Waals surface area contributed by atoms with E-state index in [4.69, 9.17) is 0 Å². The van der Waals surface area contributed by atoms with E-state index < -0.39 is 6.04 Å². The van der Waals surface area contributed by atoms with Crippen molar-refractivity contribution >= 4 is 16.7 Å². The number of hydrogen-bond acceptors (Lipinski definition) is 4. The van der Waals surface area contributed by atoms with E-state index in [1.807, 2.05) is 72.9 Å². The third-order valence-electron chi connectivity index (χ3n) is 5.68. The molecule has 0 aliphatic heterocycles. The maximum Gasteiger partial charge on any atom is 0.186 e. The molecule has 0 unspecified atom stereocenters. The van der Waals surface area contributed by atoms with E-state index in [1.54, 1.807) is 6.20 Å². The summed E-state index contributed by atoms with van der Waals surface area (Å²) in [5.74, 6) is 0.0648. The van der Waals surface area contributed by atoms with Gasteiger partial charge in [0.05, 0.1) is 6.04 Å². The Morgan fingerprint density at radius 2 is 1.69 bits per heavy atom. The zero-order chi connectivity index (χ0) is 21.8. The molecule has 32 heavy (non-hydrogen) atoms. The number of aromatic amines is 2. The minimum Gasteiger partial charge on any atom is -0.360 e. The van der Waals surface area contributed by atoms with Crippen molar-refractivity contribution in [2.45, 2.75) is 12.5 Å². The number of aromatic nitrogens is 4. The van der Waals surface area contributed by atoms with E-state index in [0.717, 1.165) is 34.1 Å². The molecule has 2 aromatic heterocycles. The number of ketones is 1. The second-order valence-corrected chi connectivity index (χ2v) is 7.72. The summed E-state index contributed by atoms with van der Waals surface area (Å²) >= 11 is 0. The van der Waals surface area contributed by atoms with E-state index in [9.17, 15) is 4.79 Å². The van der Waals surface area contributed by atoms with Crippen LogP contribution >= 0.6 is 0 Å². The van der Waals surface area contributed by atoms with Crippen LogP contribution in [0.3, 0.4) is 0 Å². The number of H-pyrrole nitrogens is 2. The number of nitrogens with zero attached hydrogens (tertiary/aromatic N) is 2. The summed E-state index contributed by atoms with van der Waals surface area (Å²) in [6.45, 7) is 0.678. The Bertz CT molecular complexity index is 1310. The summed E-state index contributed by atoms with van der Waals surface area (Å²) < 4.78 is 0. The van der Waals surface area contributed by atoms with Crippen LogP contribution in [0.25, 0.3) is 22.2 Å². The van der Waals surface area contributed by atoms with E-state index in [-0.39, 0.29) is 5.78 Å². The van der Waals surface area contributed by atoms with Crippen LogP contribution in [0.1, 0.15) is 27.5 Å². The zero-order valence-corrected chi connectivity index (χ0v) is 17.5. The maximum atomic E-state index is 13.5. The Labute approximate surface area is 185 Å². The molecule has 0 radical (unpaired) electrons. The van der Waals surface area contributed by atoms with Crippen LogP contribution in [-0.2, 0) is 6.42 Å². The topological polar surface area (TPSA) is 86.5 Å². The summed E-state index contributed by atoms with van der Waals surface area (Å²) in [7, 11) is 0. The van der Waals surface area contributed by atoms with Gasteiger partial charge in [0.2, 0.25) is 0 Å². The number of hydrogen-bond donors (Lipinski definition) is 3. The molecule has 0 saturated heterocycles. The Kier molecular flexibility index (Phi) is 5.59. The van der Waals surface area contributed by atoms with Crippen molar-refractivity contribution in [3.63, 3.8) is 0 Å². The Morgan fingerprint density at radius 1 is 0.906 bits per heavy atom. The van der Waals surface area contributed by atoms with Gasteiger partial charge in [-0.25, -0.2) is 0 Å². The van der Waals surface area contributed by atoms with Crippen molar-refractivity contribution in [1.82, 2.24) is 25.7 Å². The zero-order valence-electron chi connectivity index (χ0n) is 17.5. The highest BCUT2D eigenvalue weighted by Crippen LogP contribution is 2.25. The lowest BCUT2D eigenvalue weighted by atomic mass is 9.96. The minimum atomic E-state index is -0.412. The summed E-state index contributed by atoms with van der Waals surface area (Å²) in [5, 5.41) is 15.0. The molecule has 0 saturated carbocycles. The Hall–Kier alpha value is -4.03. The molecule has 1 atom stereocenters. The second kappa shape index (κ2) is 8.99. The van der Waals surface area contributed by atoms with Crippen LogP contribution in [0.15, 0.2) is 91.3 Å². The minimum absolute atomic E-state index is 0.0648. The van der Waals surface area contributed by atoms with Crippen LogP contribution in [0.5, 0.6) is 0 Å². The molecular formula is C26H23N5O. The van der Waals surface area contributed by atoms with Gasteiger partial charge >= 0.3 is 0 Å². The highest BCUT2D eigenvalue weighted by atomic mass is 16.1. The van der Waals surface area contributed by atoms with Crippen molar-refractivity contribution < 1.29 is 4.79 Å². The van der Waals surface area contributed by atoms with E-state index in [1.165, 1.54) is 5.56 Å². The monoisotopic (exact) mass is 421 g/mol. The molecule has 2 heterocycles. The average Bonchev–Trinajstić information content (AvgIpc) is 3.53. The van der Waals surface area contributed by atoms with Crippen LogP contribution in [0, 0.1) is 0 Å². The van der Waals surface area contributed by atoms with Gasteiger partial charge in [0, 0.05) is 41.0 Å². The Balaban J connectivity index is 1.32. The highest BCUT2D eigenvalue weighted by Gasteiger charge is 2.23. The van der Waals surface area contributed by atoms with Gasteiger partial charge in [-0.1, -0.05) is 78.0 Å². The first-order chi connectivity index (χ1) is 15.8. The summed E-state index contributed by atoms with van der Waals surface area (Å²) in [5.41, 5.74) is 5.67. The van der Waals surface area contributed by atoms with Crippen molar-refractivity contribution in [2.24, 2.45) is 0 Å². The van der Waals surface area contributed by atoms with Gasteiger partial charge in [-0.15, -0.1) is 5.10 Å². The van der Waals surface area contributed by atoms with Crippen LogP contribution in [0.4, 0.5) is 0 Å². The fourth-order valence-corrected chi connectivity index (χ4v) is 3.98. The standard InChI is InChI=1S/C26H23N5O/c32-26(22-16-28-23-9-5-4-8-21(22)23)25(20-6-2-1-3-7-20)27-15-14-18-10-12-19(13-11-18)24-17-29-31-30-24/h1-13,16-17,25,27-28H,14-15H2,(H,29,30,31)/t25-/m0/s1. The molecule has 5 aromatic rings. The smallest absolute Gasteiger partial charge is 0.186 e. The van der Waals surface area contributed by atoms with Crippen LogP contribution in [-0.4, -0.2) is 32.7 Å². The normalized spacial score (nSPS) is 12.1. The third kappa shape index (κ3) is 4.08. The Morgan fingerprint density at radius 3 is 2.47 bits per heavy atom. The molecule has 0 fully saturated rings. The first-order valence-corrected chi connectivity index (χ1v) is 10.6. The molecule has 0 aliphatic carbocycles. The van der Waals surface area contributed by atoms with Crippen LogP contribution in [0.2, 0.25) is 0 Å².